The Morgan fingerprint density at radius 3 is 2.20 bits per heavy atom. The molecule has 0 bridgehead atoms. The summed E-state index contributed by atoms with van der Waals surface area (Å²) in [5, 5.41) is 16.8. The molecule has 4 N–H and O–H groups in total. The van der Waals surface area contributed by atoms with Gasteiger partial charge in [-0.25, -0.2) is 4.79 Å². The lowest BCUT2D eigenvalue weighted by Gasteiger charge is -2.32. The van der Waals surface area contributed by atoms with E-state index in [0.717, 1.165) is 12.0 Å². The van der Waals surface area contributed by atoms with E-state index in [9.17, 15) is 19.2 Å². The number of anilines is 2. The Bertz CT molecular complexity index is 979. The second kappa shape index (κ2) is 14.4. The maximum absolute atomic E-state index is 12.7. The van der Waals surface area contributed by atoms with Crippen LogP contribution < -0.4 is 16.0 Å². The minimum atomic E-state index is -0.964. The highest BCUT2D eigenvalue weighted by atomic mass is 16.4. The number of urea groups is 1. The average Bonchev–Trinajstić information content (AvgIpc) is 2.87. The molecule has 9 nitrogen and oxygen atoms in total. The molecular weight excluding hydrogens is 448 g/mol. The lowest BCUT2D eigenvalue weighted by Crippen LogP contribution is -2.46. The highest BCUT2D eigenvalue weighted by Gasteiger charge is 2.28. The van der Waals surface area contributed by atoms with E-state index in [1.54, 1.807) is 41.3 Å². The summed E-state index contributed by atoms with van der Waals surface area (Å²) < 4.78 is 0. The molecule has 0 aromatic heterocycles. The summed E-state index contributed by atoms with van der Waals surface area (Å²) in [4.78, 5) is 49.4. The van der Waals surface area contributed by atoms with Gasteiger partial charge in [-0.1, -0.05) is 44.2 Å². The van der Waals surface area contributed by atoms with Crippen LogP contribution in [-0.4, -0.2) is 53.5 Å². The molecule has 4 amide bonds. The number of aliphatic carboxylic acids is 1. The molecule has 1 aliphatic heterocycles. The first-order valence-corrected chi connectivity index (χ1v) is 11.9. The maximum atomic E-state index is 12.7. The smallest absolute Gasteiger partial charge is 0.323 e. The number of carbonyl (C=O) groups excluding carboxylic acids is 3. The standard InChI is InChI=1S/C24H28N4O5.C2H6/c29-21(28-14-4-5-18(16-28)23(32)25-13-12-22(30)31)15-17-8-10-20(11-9-17)27-24(33)26-19-6-2-1-3-7-19;1-2/h1-3,6-11,18H,4-5,12-16H2,(H,25,32)(H,30,31)(H2,26,27,33);1-2H3/t18-;/m1./s1. The van der Waals surface area contributed by atoms with E-state index in [1.807, 2.05) is 32.0 Å². The first-order chi connectivity index (χ1) is 16.9. The first-order valence-electron chi connectivity index (χ1n) is 11.9. The second-order valence-electron chi connectivity index (χ2n) is 7.93. The number of benzene rings is 2. The number of nitrogens with zero attached hydrogens (tertiary/aromatic N) is 1. The fourth-order valence-corrected chi connectivity index (χ4v) is 3.66. The summed E-state index contributed by atoms with van der Waals surface area (Å²) in [6.45, 7) is 5.01. The Morgan fingerprint density at radius 1 is 0.943 bits per heavy atom. The van der Waals surface area contributed by atoms with Gasteiger partial charge in [-0.2, -0.15) is 0 Å². The van der Waals surface area contributed by atoms with Crippen LogP contribution in [0.4, 0.5) is 16.2 Å². The quantitative estimate of drug-likeness (QED) is 0.456. The van der Waals surface area contributed by atoms with Crippen LogP contribution in [0.3, 0.4) is 0 Å². The third-order valence-electron chi connectivity index (χ3n) is 5.38. The normalized spacial score (nSPS) is 14.7. The van der Waals surface area contributed by atoms with Gasteiger partial charge in [-0.15, -0.1) is 0 Å². The van der Waals surface area contributed by atoms with Gasteiger partial charge in [-0.3, -0.25) is 14.4 Å². The number of hydrogen-bond acceptors (Lipinski definition) is 4. The van der Waals surface area contributed by atoms with Crippen LogP contribution in [0.2, 0.25) is 0 Å². The van der Waals surface area contributed by atoms with Crippen LogP contribution in [0, 0.1) is 5.92 Å². The number of carbonyl (C=O) groups is 4. The van der Waals surface area contributed by atoms with E-state index in [0.29, 0.717) is 30.9 Å². The Labute approximate surface area is 205 Å². The Balaban J connectivity index is 0.00000210. The molecule has 0 aliphatic carbocycles. The number of amides is 4. The number of likely N-dealkylation sites (tertiary alicyclic amines) is 1. The zero-order valence-electron chi connectivity index (χ0n) is 20.3. The molecule has 1 heterocycles. The fourth-order valence-electron chi connectivity index (χ4n) is 3.66. The van der Waals surface area contributed by atoms with Crippen molar-refractivity contribution >= 4 is 35.2 Å². The molecule has 2 aromatic carbocycles. The molecule has 9 heteroatoms. The van der Waals surface area contributed by atoms with Crippen LogP contribution in [0.25, 0.3) is 0 Å². The molecule has 188 valence electrons. The lowest BCUT2D eigenvalue weighted by molar-refractivity contribution is -0.137. The van der Waals surface area contributed by atoms with Gasteiger partial charge in [0.05, 0.1) is 18.8 Å². The van der Waals surface area contributed by atoms with Gasteiger partial charge in [-0.05, 0) is 42.7 Å². The van der Waals surface area contributed by atoms with E-state index in [-0.39, 0.29) is 43.1 Å². The van der Waals surface area contributed by atoms with Crippen LogP contribution in [0.15, 0.2) is 54.6 Å². The van der Waals surface area contributed by atoms with Crippen molar-refractivity contribution in [3.05, 3.63) is 60.2 Å². The molecule has 0 radical (unpaired) electrons. The predicted octanol–water partition coefficient (Wildman–Crippen LogP) is 3.73. The topological polar surface area (TPSA) is 128 Å². The van der Waals surface area contributed by atoms with Gasteiger partial charge >= 0.3 is 12.0 Å². The summed E-state index contributed by atoms with van der Waals surface area (Å²) in [6, 6.07) is 15.8. The van der Waals surface area contributed by atoms with Crippen molar-refractivity contribution in [2.75, 3.05) is 30.3 Å². The predicted molar refractivity (Wildman–Crippen MR) is 135 cm³/mol. The van der Waals surface area contributed by atoms with Gasteiger partial charge in [0.2, 0.25) is 11.8 Å². The number of piperidine rings is 1. The SMILES string of the molecule is CC.O=C(O)CCNC(=O)[C@@H]1CCCN(C(=O)Cc2ccc(NC(=O)Nc3ccccc3)cc2)C1. The molecule has 35 heavy (non-hydrogen) atoms. The number of rotatable bonds is 8. The maximum Gasteiger partial charge on any atom is 0.323 e. The Morgan fingerprint density at radius 2 is 1.57 bits per heavy atom. The van der Waals surface area contributed by atoms with Crippen LogP contribution in [0.5, 0.6) is 0 Å². The van der Waals surface area contributed by atoms with Gasteiger partial charge in [0, 0.05) is 31.0 Å². The van der Waals surface area contributed by atoms with Gasteiger partial charge < -0.3 is 26.0 Å². The molecule has 0 spiro atoms. The van der Waals surface area contributed by atoms with E-state index < -0.39 is 5.97 Å². The highest BCUT2D eigenvalue weighted by Crippen LogP contribution is 2.19. The zero-order chi connectivity index (χ0) is 25.6. The third kappa shape index (κ3) is 9.48. The number of carboxylic acid groups (broad SMARTS) is 1. The summed E-state index contributed by atoms with van der Waals surface area (Å²) in [5.41, 5.74) is 2.10. The number of carboxylic acids is 1. The van der Waals surface area contributed by atoms with E-state index in [1.165, 1.54) is 0 Å². The van der Waals surface area contributed by atoms with Crippen LogP contribution in [0.1, 0.15) is 38.7 Å². The minimum absolute atomic E-state index is 0.0689. The van der Waals surface area contributed by atoms with Gasteiger partial charge in [0.1, 0.15) is 0 Å². The average molecular weight is 483 g/mol. The first kappa shape index (κ1) is 27.4. The molecule has 1 fully saturated rings. The lowest BCUT2D eigenvalue weighted by atomic mass is 9.96. The van der Waals surface area contributed by atoms with Gasteiger partial charge in [0.15, 0.2) is 0 Å². The summed E-state index contributed by atoms with van der Waals surface area (Å²) >= 11 is 0. The molecule has 2 aromatic rings. The van der Waals surface area contributed by atoms with Crippen molar-refractivity contribution in [2.24, 2.45) is 5.92 Å². The summed E-state index contributed by atoms with van der Waals surface area (Å²) in [5.74, 6) is -1.57. The second-order valence-corrected chi connectivity index (χ2v) is 7.93. The molecular formula is C26H34N4O5. The number of nitrogens with one attached hydrogen (secondary N) is 3. The van der Waals surface area contributed by atoms with Crippen molar-refractivity contribution in [3.63, 3.8) is 0 Å². The largest absolute Gasteiger partial charge is 0.481 e. The van der Waals surface area contributed by atoms with Gasteiger partial charge in [0.25, 0.3) is 0 Å². The molecule has 1 aliphatic rings. The minimum Gasteiger partial charge on any atom is -0.481 e. The van der Waals surface area contributed by atoms with Crippen molar-refractivity contribution < 1.29 is 24.3 Å². The van der Waals surface area contributed by atoms with Crippen molar-refractivity contribution in [1.29, 1.82) is 0 Å². The van der Waals surface area contributed by atoms with E-state index in [4.69, 9.17) is 5.11 Å². The summed E-state index contributed by atoms with van der Waals surface area (Å²) in [6.07, 6.45) is 1.47. The van der Waals surface area contributed by atoms with E-state index in [2.05, 4.69) is 16.0 Å². The van der Waals surface area contributed by atoms with Crippen molar-refractivity contribution in [2.45, 2.75) is 39.5 Å². The molecule has 1 atom stereocenters. The van der Waals surface area contributed by atoms with Crippen molar-refractivity contribution in [3.8, 4) is 0 Å². The third-order valence-corrected chi connectivity index (χ3v) is 5.38. The Hall–Kier alpha value is -3.88. The molecule has 3 rings (SSSR count). The number of hydrogen-bond donors (Lipinski definition) is 4. The number of para-hydroxylation sites is 1. The Kier molecular flexibility index (Phi) is 11.3. The van der Waals surface area contributed by atoms with Crippen LogP contribution in [-0.2, 0) is 20.8 Å². The zero-order valence-corrected chi connectivity index (χ0v) is 20.3. The fraction of sp³-hybridized carbons (Fsp3) is 0.385. The van der Waals surface area contributed by atoms with E-state index >= 15 is 0 Å². The molecule has 0 saturated carbocycles. The molecule has 1 saturated heterocycles. The summed E-state index contributed by atoms with van der Waals surface area (Å²) in [7, 11) is 0. The van der Waals surface area contributed by atoms with Crippen molar-refractivity contribution in [1.82, 2.24) is 10.2 Å². The van der Waals surface area contributed by atoms with Crippen LogP contribution >= 0.6 is 0 Å². The highest BCUT2D eigenvalue weighted by molar-refractivity contribution is 5.99. The monoisotopic (exact) mass is 482 g/mol. The molecule has 0 unspecified atom stereocenters.